The largest absolute Gasteiger partial charge is 0.358 e. The fraction of sp³-hybridized carbons (Fsp3) is 0.579. The lowest BCUT2D eigenvalue weighted by atomic mass is 9.65. The van der Waals surface area contributed by atoms with Gasteiger partial charge in [-0.3, -0.25) is 4.90 Å². The third-order valence-corrected chi connectivity index (χ3v) is 6.42. The Kier molecular flexibility index (Phi) is 2.55. The number of nitrogens with zero attached hydrogens (tertiary/aromatic N) is 1. The van der Waals surface area contributed by atoms with Gasteiger partial charge in [0, 0.05) is 41.6 Å². The van der Waals surface area contributed by atoms with Crippen molar-refractivity contribution < 1.29 is 0 Å². The Hall–Kier alpha value is -1.28. The van der Waals surface area contributed by atoms with Crippen LogP contribution in [0.5, 0.6) is 0 Å². The molecule has 0 spiro atoms. The van der Waals surface area contributed by atoms with Crippen LogP contribution in [-0.4, -0.2) is 29.0 Å². The van der Waals surface area contributed by atoms with E-state index in [1.54, 1.807) is 11.3 Å². The highest BCUT2D eigenvalue weighted by molar-refractivity contribution is 5.85. The van der Waals surface area contributed by atoms with E-state index in [1.165, 1.54) is 49.7 Å². The molecule has 2 nitrogen and oxygen atoms in total. The summed E-state index contributed by atoms with van der Waals surface area (Å²) in [4.78, 5) is 6.65. The van der Waals surface area contributed by atoms with Gasteiger partial charge in [-0.05, 0) is 42.7 Å². The molecule has 1 unspecified atom stereocenters. The Bertz CT molecular complexity index is 686. The first-order chi connectivity index (χ1) is 10.3. The highest BCUT2D eigenvalue weighted by atomic mass is 15.2. The van der Waals surface area contributed by atoms with Crippen molar-refractivity contribution in [3.63, 3.8) is 0 Å². The molecule has 1 aromatic heterocycles. The molecule has 1 aromatic carbocycles. The summed E-state index contributed by atoms with van der Waals surface area (Å²) in [7, 11) is 0. The third kappa shape index (κ3) is 1.63. The van der Waals surface area contributed by atoms with Crippen LogP contribution in [0.1, 0.15) is 43.4 Å². The van der Waals surface area contributed by atoms with E-state index < -0.39 is 0 Å². The zero-order valence-corrected chi connectivity index (χ0v) is 12.8. The van der Waals surface area contributed by atoms with E-state index in [0.717, 1.165) is 23.8 Å². The average Bonchev–Trinajstić information content (AvgIpc) is 2.86. The zero-order chi connectivity index (χ0) is 14.0. The monoisotopic (exact) mass is 280 g/mol. The highest BCUT2D eigenvalue weighted by Gasteiger charge is 2.48. The van der Waals surface area contributed by atoms with E-state index in [-0.39, 0.29) is 0 Å². The molecule has 2 aromatic rings. The van der Waals surface area contributed by atoms with E-state index in [1.807, 2.05) is 0 Å². The van der Waals surface area contributed by atoms with Crippen molar-refractivity contribution in [3.05, 3.63) is 35.5 Å². The number of benzene rings is 1. The van der Waals surface area contributed by atoms with Crippen LogP contribution in [0.25, 0.3) is 10.9 Å². The second kappa shape index (κ2) is 4.36. The first-order valence-electron chi connectivity index (χ1n) is 8.68. The average molecular weight is 280 g/mol. The maximum Gasteiger partial charge on any atom is 0.0459 e. The number of piperidine rings is 2. The van der Waals surface area contributed by atoms with Crippen molar-refractivity contribution in [1.82, 2.24) is 9.88 Å². The minimum Gasteiger partial charge on any atom is -0.358 e. The molecular weight excluding hydrogens is 256 g/mol. The number of H-pyrrole nitrogens is 1. The van der Waals surface area contributed by atoms with Crippen molar-refractivity contribution >= 4 is 10.9 Å². The van der Waals surface area contributed by atoms with Crippen LogP contribution in [0.15, 0.2) is 24.3 Å². The van der Waals surface area contributed by atoms with Crippen molar-refractivity contribution in [2.75, 3.05) is 13.1 Å². The molecule has 110 valence electrons. The SMILES string of the molecule is CC[C@@H]1C[C@H]2C[C@@H]3c4[nH]c5ccccc5c4CCN(C2)[C@H]13. The smallest absolute Gasteiger partial charge is 0.0459 e. The number of rotatable bonds is 1. The van der Waals surface area contributed by atoms with Gasteiger partial charge in [-0.1, -0.05) is 31.5 Å². The molecule has 0 radical (unpaired) electrons. The van der Waals surface area contributed by atoms with Crippen molar-refractivity contribution in [2.45, 2.75) is 44.6 Å². The summed E-state index contributed by atoms with van der Waals surface area (Å²) >= 11 is 0. The van der Waals surface area contributed by atoms with Gasteiger partial charge in [-0.15, -0.1) is 0 Å². The van der Waals surface area contributed by atoms with E-state index in [4.69, 9.17) is 0 Å². The van der Waals surface area contributed by atoms with Gasteiger partial charge >= 0.3 is 0 Å². The minimum atomic E-state index is 0.757. The van der Waals surface area contributed by atoms with Gasteiger partial charge in [0.05, 0.1) is 0 Å². The lowest BCUT2D eigenvalue weighted by Crippen LogP contribution is -2.56. The second-order valence-electron chi connectivity index (χ2n) is 7.41. The van der Waals surface area contributed by atoms with E-state index >= 15 is 0 Å². The van der Waals surface area contributed by atoms with Gasteiger partial charge < -0.3 is 4.98 Å². The highest BCUT2D eigenvalue weighted by Crippen LogP contribution is 2.50. The van der Waals surface area contributed by atoms with Crippen LogP contribution < -0.4 is 0 Å². The van der Waals surface area contributed by atoms with Gasteiger partial charge in [0.1, 0.15) is 0 Å². The number of aromatic amines is 1. The lowest BCUT2D eigenvalue weighted by Gasteiger charge is -2.53. The van der Waals surface area contributed by atoms with Crippen molar-refractivity contribution in [3.8, 4) is 0 Å². The number of nitrogens with one attached hydrogen (secondary N) is 1. The Labute approximate surface area is 126 Å². The third-order valence-electron chi connectivity index (χ3n) is 6.42. The van der Waals surface area contributed by atoms with Crippen LogP contribution in [0.4, 0.5) is 0 Å². The Balaban J connectivity index is 1.69. The Morgan fingerprint density at radius 2 is 2.14 bits per heavy atom. The molecule has 6 rings (SSSR count). The minimum absolute atomic E-state index is 0.757. The van der Waals surface area contributed by atoms with Crippen molar-refractivity contribution in [2.24, 2.45) is 11.8 Å². The lowest BCUT2D eigenvalue weighted by molar-refractivity contribution is -0.0134. The molecule has 1 aliphatic carbocycles. The molecule has 2 saturated heterocycles. The molecular formula is C19H24N2. The number of fused-ring (bicyclic) bond motifs is 4. The van der Waals surface area contributed by atoms with Crippen LogP contribution in [0.3, 0.4) is 0 Å². The molecule has 3 aliphatic heterocycles. The Morgan fingerprint density at radius 1 is 1.24 bits per heavy atom. The predicted molar refractivity (Wildman–Crippen MR) is 86.6 cm³/mol. The number of hydrogen-bond donors (Lipinski definition) is 1. The molecule has 4 aliphatic rings. The molecule has 5 atom stereocenters. The first-order valence-corrected chi connectivity index (χ1v) is 8.68. The van der Waals surface area contributed by atoms with Crippen LogP contribution in [0.2, 0.25) is 0 Å². The Morgan fingerprint density at radius 3 is 3.05 bits per heavy atom. The maximum absolute atomic E-state index is 3.81. The summed E-state index contributed by atoms with van der Waals surface area (Å²) in [5, 5.41) is 1.48. The number of aromatic nitrogens is 1. The fourth-order valence-electron chi connectivity index (χ4n) is 5.65. The number of hydrogen-bond acceptors (Lipinski definition) is 1. The molecule has 21 heavy (non-hydrogen) atoms. The quantitative estimate of drug-likeness (QED) is 0.838. The summed E-state index contributed by atoms with van der Waals surface area (Å²) in [5.74, 6) is 2.61. The molecule has 4 bridgehead atoms. The molecule has 3 fully saturated rings. The van der Waals surface area contributed by atoms with Gasteiger partial charge in [0.15, 0.2) is 0 Å². The normalized spacial score (nSPS) is 37.5. The zero-order valence-electron chi connectivity index (χ0n) is 12.8. The first kappa shape index (κ1) is 12.3. The van der Waals surface area contributed by atoms with Gasteiger partial charge in [-0.25, -0.2) is 0 Å². The maximum atomic E-state index is 3.81. The summed E-state index contributed by atoms with van der Waals surface area (Å²) in [6.07, 6.45) is 5.47. The van der Waals surface area contributed by atoms with Gasteiger partial charge in [0.25, 0.3) is 0 Å². The van der Waals surface area contributed by atoms with Crippen LogP contribution in [0, 0.1) is 11.8 Å². The topological polar surface area (TPSA) is 19.0 Å². The molecule has 0 amide bonds. The summed E-state index contributed by atoms with van der Waals surface area (Å²) in [6, 6.07) is 9.71. The van der Waals surface area contributed by atoms with E-state index in [2.05, 4.69) is 41.1 Å². The molecule has 2 heteroatoms. The van der Waals surface area contributed by atoms with E-state index in [9.17, 15) is 0 Å². The standard InChI is InChI=1S/C19H24N2/c1-2-13-9-12-10-16-18-15(7-8-21(11-12)19(13)16)14-5-3-4-6-17(14)20-18/h3-6,12-13,16,19-20H,2,7-11H2,1H3/t12-,13+,16+,19+/m0/s1. The molecule has 4 heterocycles. The van der Waals surface area contributed by atoms with Crippen molar-refractivity contribution in [1.29, 1.82) is 0 Å². The predicted octanol–water partition coefficient (Wildman–Crippen LogP) is 3.93. The fourth-order valence-corrected chi connectivity index (χ4v) is 5.65. The van der Waals surface area contributed by atoms with Gasteiger partial charge in [0.2, 0.25) is 0 Å². The van der Waals surface area contributed by atoms with Gasteiger partial charge in [-0.2, -0.15) is 0 Å². The second-order valence-corrected chi connectivity index (χ2v) is 7.41. The summed E-state index contributed by atoms with van der Waals surface area (Å²) < 4.78 is 0. The summed E-state index contributed by atoms with van der Waals surface area (Å²) in [6.45, 7) is 5.02. The van der Waals surface area contributed by atoms with Crippen LogP contribution >= 0.6 is 0 Å². The number of para-hydroxylation sites is 1. The van der Waals surface area contributed by atoms with E-state index in [0.29, 0.717) is 0 Å². The van der Waals surface area contributed by atoms with Crippen LogP contribution in [-0.2, 0) is 6.42 Å². The molecule has 1 N–H and O–H groups in total. The summed E-state index contributed by atoms with van der Waals surface area (Å²) in [5.41, 5.74) is 4.57. The molecule has 1 saturated carbocycles.